The maximum absolute atomic E-state index is 12.4. The van der Waals surface area contributed by atoms with Gasteiger partial charge in [0.2, 0.25) is 5.91 Å². The van der Waals surface area contributed by atoms with E-state index in [4.69, 9.17) is 10.5 Å². The monoisotopic (exact) mass is 290 g/mol. The Kier molecular flexibility index (Phi) is 5.62. The van der Waals surface area contributed by atoms with E-state index in [-0.39, 0.29) is 11.8 Å². The number of nitrogens with zero attached hydrogens (tertiary/aromatic N) is 1. The molecule has 0 spiro atoms. The number of nitrogens with two attached hydrogens (primary N) is 1. The van der Waals surface area contributed by atoms with Crippen molar-refractivity contribution < 1.29 is 9.53 Å². The second kappa shape index (κ2) is 7.46. The molecular formula is C17H26N2O2. The lowest BCUT2D eigenvalue weighted by Gasteiger charge is -2.32. The SMILES string of the molecule is COc1ccc(C(C)CC(=O)N2CCC(CN)CC2)cc1. The molecule has 1 unspecified atom stereocenters. The smallest absolute Gasteiger partial charge is 0.223 e. The highest BCUT2D eigenvalue weighted by Crippen LogP contribution is 2.24. The Balaban J connectivity index is 1.86. The normalized spacial score (nSPS) is 17.6. The van der Waals surface area contributed by atoms with Crippen molar-refractivity contribution in [3.63, 3.8) is 0 Å². The largest absolute Gasteiger partial charge is 0.497 e. The van der Waals surface area contributed by atoms with Crippen LogP contribution >= 0.6 is 0 Å². The van der Waals surface area contributed by atoms with Crippen LogP contribution in [0.5, 0.6) is 5.75 Å². The van der Waals surface area contributed by atoms with Crippen molar-refractivity contribution >= 4 is 5.91 Å². The Morgan fingerprint density at radius 1 is 1.33 bits per heavy atom. The number of rotatable bonds is 5. The van der Waals surface area contributed by atoms with Crippen LogP contribution in [0, 0.1) is 5.92 Å². The summed E-state index contributed by atoms with van der Waals surface area (Å²) in [5.41, 5.74) is 6.87. The van der Waals surface area contributed by atoms with Gasteiger partial charge in [-0.05, 0) is 48.9 Å². The van der Waals surface area contributed by atoms with E-state index in [1.54, 1.807) is 7.11 Å². The summed E-state index contributed by atoms with van der Waals surface area (Å²) in [6.07, 6.45) is 2.65. The fourth-order valence-electron chi connectivity index (χ4n) is 2.86. The molecule has 0 aliphatic carbocycles. The summed E-state index contributed by atoms with van der Waals surface area (Å²) in [7, 11) is 1.66. The Bertz CT molecular complexity index is 450. The summed E-state index contributed by atoms with van der Waals surface area (Å²) >= 11 is 0. The lowest BCUT2D eigenvalue weighted by Crippen LogP contribution is -2.40. The van der Waals surface area contributed by atoms with E-state index in [9.17, 15) is 4.79 Å². The third-order valence-corrected chi connectivity index (χ3v) is 4.47. The van der Waals surface area contributed by atoms with Gasteiger partial charge in [-0.3, -0.25) is 4.79 Å². The highest BCUT2D eigenvalue weighted by molar-refractivity contribution is 5.77. The van der Waals surface area contributed by atoms with Gasteiger partial charge in [-0.25, -0.2) is 0 Å². The number of likely N-dealkylation sites (tertiary alicyclic amines) is 1. The van der Waals surface area contributed by atoms with Crippen LogP contribution in [-0.2, 0) is 4.79 Å². The molecule has 2 N–H and O–H groups in total. The van der Waals surface area contributed by atoms with Crippen molar-refractivity contribution in [3.05, 3.63) is 29.8 Å². The minimum Gasteiger partial charge on any atom is -0.497 e. The summed E-state index contributed by atoms with van der Waals surface area (Å²) in [6, 6.07) is 7.97. The van der Waals surface area contributed by atoms with Crippen LogP contribution in [0.25, 0.3) is 0 Å². The van der Waals surface area contributed by atoms with Crippen molar-refractivity contribution in [2.24, 2.45) is 11.7 Å². The molecule has 116 valence electrons. The second-order valence-electron chi connectivity index (χ2n) is 5.94. The van der Waals surface area contributed by atoms with E-state index in [0.29, 0.717) is 12.3 Å². The molecule has 2 rings (SSSR count). The molecule has 1 aliphatic heterocycles. The highest BCUT2D eigenvalue weighted by Gasteiger charge is 2.23. The van der Waals surface area contributed by atoms with Crippen molar-refractivity contribution in [2.45, 2.75) is 32.1 Å². The van der Waals surface area contributed by atoms with Gasteiger partial charge in [0, 0.05) is 19.5 Å². The number of methoxy groups -OCH3 is 1. The summed E-state index contributed by atoms with van der Waals surface area (Å²) in [4.78, 5) is 14.4. The van der Waals surface area contributed by atoms with Crippen LogP contribution in [0.4, 0.5) is 0 Å². The maximum atomic E-state index is 12.4. The molecule has 0 bridgehead atoms. The highest BCUT2D eigenvalue weighted by atomic mass is 16.5. The third kappa shape index (κ3) is 4.21. The van der Waals surface area contributed by atoms with Crippen molar-refractivity contribution in [1.29, 1.82) is 0 Å². The van der Waals surface area contributed by atoms with Gasteiger partial charge in [-0.15, -0.1) is 0 Å². The van der Waals surface area contributed by atoms with E-state index >= 15 is 0 Å². The molecular weight excluding hydrogens is 264 g/mol. The van der Waals surface area contributed by atoms with Gasteiger partial charge in [-0.2, -0.15) is 0 Å². The maximum Gasteiger partial charge on any atom is 0.223 e. The fourth-order valence-corrected chi connectivity index (χ4v) is 2.86. The lowest BCUT2D eigenvalue weighted by atomic mass is 9.94. The van der Waals surface area contributed by atoms with Crippen molar-refractivity contribution in [3.8, 4) is 5.75 Å². The van der Waals surface area contributed by atoms with E-state index in [1.807, 2.05) is 29.2 Å². The van der Waals surface area contributed by atoms with Crippen LogP contribution in [0.3, 0.4) is 0 Å². The quantitative estimate of drug-likeness (QED) is 0.906. The minimum atomic E-state index is 0.232. The van der Waals surface area contributed by atoms with Gasteiger partial charge in [0.1, 0.15) is 5.75 Å². The molecule has 1 aromatic carbocycles. The minimum absolute atomic E-state index is 0.232. The zero-order chi connectivity index (χ0) is 15.2. The second-order valence-corrected chi connectivity index (χ2v) is 5.94. The molecule has 1 aromatic rings. The van der Waals surface area contributed by atoms with Gasteiger partial charge in [0.05, 0.1) is 7.11 Å². The number of benzene rings is 1. The fraction of sp³-hybridized carbons (Fsp3) is 0.588. The summed E-state index contributed by atoms with van der Waals surface area (Å²) in [6.45, 7) is 4.56. The molecule has 1 saturated heterocycles. The first-order valence-electron chi connectivity index (χ1n) is 7.75. The number of ether oxygens (including phenoxy) is 1. The number of piperidine rings is 1. The van der Waals surface area contributed by atoms with E-state index < -0.39 is 0 Å². The van der Waals surface area contributed by atoms with E-state index in [2.05, 4.69) is 6.92 Å². The Morgan fingerprint density at radius 2 is 1.95 bits per heavy atom. The molecule has 0 radical (unpaired) electrons. The van der Waals surface area contributed by atoms with Gasteiger partial charge in [0.15, 0.2) is 0 Å². The standard InChI is InChI=1S/C17H26N2O2/c1-13(15-3-5-16(21-2)6-4-15)11-17(20)19-9-7-14(12-18)8-10-19/h3-6,13-14H,7-12,18H2,1-2H3. The zero-order valence-electron chi connectivity index (χ0n) is 13.0. The van der Waals surface area contributed by atoms with Crippen molar-refractivity contribution in [1.82, 2.24) is 4.90 Å². The number of amides is 1. The summed E-state index contributed by atoms with van der Waals surface area (Å²) in [5, 5.41) is 0. The van der Waals surface area contributed by atoms with Crippen LogP contribution < -0.4 is 10.5 Å². The van der Waals surface area contributed by atoms with E-state index in [0.717, 1.165) is 38.2 Å². The average Bonchev–Trinajstić information content (AvgIpc) is 2.55. The summed E-state index contributed by atoms with van der Waals surface area (Å²) < 4.78 is 5.16. The van der Waals surface area contributed by atoms with Crippen LogP contribution in [-0.4, -0.2) is 37.6 Å². The molecule has 1 amide bonds. The molecule has 1 atom stereocenters. The Labute approximate surface area is 127 Å². The lowest BCUT2D eigenvalue weighted by molar-refractivity contribution is -0.132. The molecule has 4 heteroatoms. The molecule has 0 aromatic heterocycles. The first-order chi connectivity index (χ1) is 10.1. The Morgan fingerprint density at radius 3 is 2.48 bits per heavy atom. The average molecular weight is 290 g/mol. The molecule has 1 fully saturated rings. The summed E-state index contributed by atoms with van der Waals surface area (Å²) in [5.74, 6) is 1.93. The predicted molar refractivity (Wildman–Crippen MR) is 84.4 cm³/mol. The topological polar surface area (TPSA) is 55.6 Å². The molecule has 21 heavy (non-hydrogen) atoms. The van der Waals surface area contributed by atoms with Gasteiger partial charge in [0.25, 0.3) is 0 Å². The Hall–Kier alpha value is -1.55. The molecule has 4 nitrogen and oxygen atoms in total. The molecule has 0 saturated carbocycles. The molecule has 1 aliphatic rings. The van der Waals surface area contributed by atoms with Gasteiger partial charge < -0.3 is 15.4 Å². The van der Waals surface area contributed by atoms with Crippen LogP contribution in [0.1, 0.15) is 37.7 Å². The zero-order valence-corrected chi connectivity index (χ0v) is 13.0. The number of hydrogen-bond acceptors (Lipinski definition) is 3. The van der Waals surface area contributed by atoms with Gasteiger partial charge in [-0.1, -0.05) is 19.1 Å². The van der Waals surface area contributed by atoms with Gasteiger partial charge >= 0.3 is 0 Å². The predicted octanol–water partition coefficient (Wildman–Crippen LogP) is 2.39. The number of carbonyl (C=O) groups excluding carboxylic acids is 1. The molecule has 1 heterocycles. The van der Waals surface area contributed by atoms with Crippen molar-refractivity contribution in [2.75, 3.05) is 26.7 Å². The number of carbonyl (C=O) groups is 1. The van der Waals surface area contributed by atoms with Crippen LogP contribution in [0.2, 0.25) is 0 Å². The first kappa shape index (κ1) is 15.8. The third-order valence-electron chi connectivity index (χ3n) is 4.47. The van der Waals surface area contributed by atoms with Crippen LogP contribution in [0.15, 0.2) is 24.3 Å². The first-order valence-corrected chi connectivity index (χ1v) is 7.75. The number of hydrogen-bond donors (Lipinski definition) is 1. The van der Waals surface area contributed by atoms with E-state index in [1.165, 1.54) is 5.56 Å².